The van der Waals surface area contributed by atoms with E-state index in [1.807, 2.05) is 29.9 Å². The van der Waals surface area contributed by atoms with Gasteiger partial charge in [0.1, 0.15) is 18.0 Å². The van der Waals surface area contributed by atoms with Gasteiger partial charge in [-0.2, -0.15) is 0 Å². The number of fused-ring (bicyclic) bond motifs is 2. The van der Waals surface area contributed by atoms with Gasteiger partial charge in [-0.15, -0.1) is 0 Å². The number of carbonyl (C=O) groups is 3. The van der Waals surface area contributed by atoms with Crippen LogP contribution in [-0.4, -0.2) is 89.3 Å². The smallest absolute Gasteiger partial charge is 0.336 e. The van der Waals surface area contributed by atoms with E-state index in [4.69, 9.17) is 29.9 Å². The van der Waals surface area contributed by atoms with Crippen LogP contribution >= 0.6 is 0 Å². The number of methoxy groups -OCH3 is 1. The van der Waals surface area contributed by atoms with Crippen molar-refractivity contribution in [2.75, 3.05) is 13.7 Å². The summed E-state index contributed by atoms with van der Waals surface area (Å²) >= 11 is 0. The zero-order chi connectivity index (χ0) is 30.4. The number of piperidine rings is 1. The lowest BCUT2D eigenvalue weighted by Crippen LogP contribution is -2.50. The average molecular weight is 576 g/mol. The van der Waals surface area contributed by atoms with Crippen molar-refractivity contribution in [1.29, 1.82) is 0 Å². The Bertz CT molecular complexity index is 1230. The Balaban J connectivity index is 0.000000302. The molecule has 2 aliphatic heterocycles. The number of imidazole rings is 1. The molecule has 13 heteroatoms. The van der Waals surface area contributed by atoms with Gasteiger partial charge in [-0.3, -0.25) is 14.5 Å². The first-order valence-corrected chi connectivity index (χ1v) is 13.1. The van der Waals surface area contributed by atoms with Crippen LogP contribution in [0.3, 0.4) is 0 Å². The summed E-state index contributed by atoms with van der Waals surface area (Å²) < 4.78 is 13.4. The van der Waals surface area contributed by atoms with Crippen LogP contribution in [0.5, 0.6) is 11.5 Å². The SMILES string of the molecule is C=CCOc1c(CN2C3CCC2CC(O)(c2nccn2C)C3)cccc1OC.O=C(O)CC(O)(CC(=O)O)C(=O)O. The number of para-hydroxylation sites is 1. The number of aliphatic carboxylic acids is 3. The predicted molar refractivity (Wildman–Crippen MR) is 144 cm³/mol. The van der Waals surface area contributed by atoms with Gasteiger partial charge >= 0.3 is 17.9 Å². The third-order valence-electron chi connectivity index (χ3n) is 7.42. The molecular formula is C28H37N3O10. The van der Waals surface area contributed by atoms with Gasteiger partial charge in [0.2, 0.25) is 0 Å². The van der Waals surface area contributed by atoms with E-state index in [1.165, 1.54) is 0 Å². The topological polar surface area (TPSA) is 192 Å². The van der Waals surface area contributed by atoms with Crippen LogP contribution in [0.1, 0.15) is 49.9 Å². The van der Waals surface area contributed by atoms with Crippen molar-refractivity contribution >= 4 is 17.9 Å². The number of ether oxygens (including phenoxy) is 2. The summed E-state index contributed by atoms with van der Waals surface area (Å²) in [5, 5.41) is 45.2. The van der Waals surface area contributed by atoms with Crippen LogP contribution in [0, 0.1) is 0 Å². The lowest BCUT2D eigenvalue weighted by molar-refractivity contribution is -0.170. The quantitative estimate of drug-likeness (QED) is 0.231. The highest BCUT2D eigenvalue weighted by Crippen LogP contribution is 2.46. The van der Waals surface area contributed by atoms with Crippen LogP contribution in [0.25, 0.3) is 0 Å². The fraction of sp³-hybridized carbons (Fsp3) is 0.500. The zero-order valence-corrected chi connectivity index (χ0v) is 23.1. The van der Waals surface area contributed by atoms with Crippen molar-refractivity contribution < 1.29 is 49.4 Å². The first-order valence-electron chi connectivity index (χ1n) is 13.1. The van der Waals surface area contributed by atoms with Gasteiger partial charge in [0.15, 0.2) is 17.1 Å². The van der Waals surface area contributed by atoms with E-state index < -0.39 is 42.0 Å². The molecule has 2 saturated heterocycles. The summed E-state index contributed by atoms with van der Waals surface area (Å²) in [5.41, 5.74) is -2.48. The third kappa shape index (κ3) is 7.43. The molecule has 0 aliphatic carbocycles. The number of hydrogen-bond donors (Lipinski definition) is 5. The van der Waals surface area contributed by atoms with Crippen molar-refractivity contribution in [2.45, 2.75) is 68.4 Å². The molecule has 0 amide bonds. The monoisotopic (exact) mass is 575 g/mol. The molecule has 2 aromatic rings. The van der Waals surface area contributed by atoms with E-state index in [2.05, 4.69) is 22.5 Å². The number of aliphatic hydroxyl groups is 2. The van der Waals surface area contributed by atoms with E-state index in [0.29, 0.717) is 31.5 Å². The highest BCUT2D eigenvalue weighted by Gasteiger charge is 2.50. The Morgan fingerprint density at radius 1 is 1.15 bits per heavy atom. The van der Waals surface area contributed by atoms with Crippen LogP contribution in [0.15, 0.2) is 43.2 Å². The number of aryl methyl sites for hydroxylation is 1. The Hall–Kier alpha value is -3.94. The average Bonchev–Trinajstić information content (AvgIpc) is 3.43. The summed E-state index contributed by atoms with van der Waals surface area (Å²) in [6, 6.07) is 6.69. The van der Waals surface area contributed by atoms with Crippen LogP contribution in [0.4, 0.5) is 0 Å². The second kappa shape index (κ2) is 13.1. The van der Waals surface area contributed by atoms with Crippen molar-refractivity contribution in [3.05, 3.63) is 54.6 Å². The van der Waals surface area contributed by atoms with Crippen molar-refractivity contribution in [1.82, 2.24) is 14.5 Å². The molecule has 2 unspecified atom stereocenters. The zero-order valence-electron chi connectivity index (χ0n) is 23.1. The molecule has 3 heterocycles. The van der Waals surface area contributed by atoms with Gasteiger partial charge in [0.25, 0.3) is 0 Å². The van der Waals surface area contributed by atoms with Gasteiger partial charge in [-0.1, -0.05) is 24.8 Å². The highest BCUT2D eigenvalue weighted by atomic mass is 16.5. The molecule has 1 aromatic carbocycles. The Kier molecular flexibility index (Phi) is 10.1. The second-order valence-electron chi connectivity index (χ2n) is 10.4. The standard InChI is InChI=1S/C22H29N3O3.C6H8O7/c1-4-12-28-20-16(6-5-7-19(20)27-3)15-25-17-8-9-18(25)14-22(26,13-17)21-23-10-11-24(21)2;7-3(8)1-6(13,5(11)12)2-4(9)10/h4-7,10-11,17-18,26H,1,8-9,12-15H2,2-3H3;13H,1-2H2,(H,7,8)(H,9,10)(H,11,12). The molecule has 2 aliphatic rings. The number of benzene rings is 1. The minimum Gasteiger partial charge on any atom is -0.493 e. The first kappa shape index (κ1) is 31.6. The van der Waals surface area contributed by atoms with Gasteiger partial charge < -0.3 is 39.6 Å². The number of nitrogens with zero attached hydrogens (tertiary/aromatic N) is 3. The summed E-state index contributed by atoms with van der Waals surface area (Å²) in [4.78, 5) is 37.4. The predicted octanol–water partition coefficient (Wildman–Crippen LogP) is 1.76. The Morgan fingerprint density at radius 3 is 2.22 bits per heavy atom. The Morgan fingerprint density at radius 2 is 1.76 bits per heavy atom. The van der Waals surface area contributed by atoms with Gasteiger partial charge in [-0.25, -0.2) is 9.78 Å². The number of rotatable bonds is 12. The normalized spacial score (nSPS) is 21.9. The molecule has 4 rings (SSSR count). The third-order valence-corrected chi connectivity index (χ3v) is 7.42. The fourth-order valence-corrected chi connectivity index (χ4v) is 5.63. The largest absolute Gasteiger partial charge is 0.493 e. The molecule has 2 bridgehead atoms. The number of carboxylic acid groups (broad SMARTS) is 3. The van der Waals surface area contributed by atoms with E-state index in [1.54, 1.807) is 19.4 Å². The maximum absolute atomic E-state index is 11.4. The molecule has 0 spiro atoms. The summed E-state index contributed by atoms with van der Waals surface area (Å²) in [6.45, 7) is 4.98. The lowest BCUT2D eigenvalue weighted by Gasteiger charge is -2.43. The molecule has 224 valence electrons. The maximum atomic E-state index is 11.4. The van der Waals surface area contributed by atoms with E-state index in [0.717, 1.165) is 42.3 Å². The summed E-state index contributed by atoms with van der Waals surface area (Å²) in [7, 11) is 3.62. The highest BCUT2D eigenvalue weighted by molar-refractivity contribution is 5.88. The lowest BCUT2D eigenvalue weighted by atomic mass is 9.85. The first-order chi connectivity index (χ1) is 19.3. The minimum absolute atomic E-state index is 0.332. The summed E-state index contributed by atoms with van der Waals surface area (Å²) in [6.07, 6.45) is 6.75. The molecule has 2 fully saturated rings. The molecule has 0 saturated carbocycles. The molecular weight excluding hydrogens is 538 g/mol. The van der Waals surface area contributed by atoms with E-state index >= 15 is 0 Å². The van der Waals surface area contributed by atoms with Crippen molar-refractivity contribution in [2.24, 2.45) is 7.05 Å². The summed E-state index contributed by atoms with van der Waals surface area (Å²) in [5.74, 6) is -2.71. The van der Waals surface area contributed by atoms with Crippen LogP contribution in [0.2, 0.25) is 0 Å². The molecule has 1 aromatic heterocycles. The van der Waals surface area contributed by atoms with Gasteiger partial charge in [-0.05, 0) is 31.7 Å². The van der Waals surface area contributed by atoms with Gasteiger partial charge in [0.05, 0.1) is 20.0 Å². The Labute approximate surface area is 237 Å². The molecule has 41 heavy (non-hydrogen) atoms. The van der Waals surface area contributed by atoms with Crippen LogP contribution < -0.4 is 9.47 Å². The van der Waals surface area contributed by atoms with Gasteiger partial charge in [0, 0.05) is 43.6 Å². The minimum atomic E-state index is -2.74. The maximum Gasteiger partial charge on any atom is 0.336 e. The molecule has 2 atom stereocenters. The van der Waals surface area contributed by atoms with E-state index in [-0.39, 0.29) is 0 Å². The number of aromatic nitrogens is 2. The molecule has 5 N–H and O–H groups in total. The fourth-order valence-electron chi connectivity index (χ4n) is 5.63. The van der Waals surface area contributed by atoms with Crippen molar-refractivity contribution in [3.8, 4) is 11.5 Å². The number of hydrogen-bond acceptors (Lipinski definition) is 9. The number of carboxylic acids is 3. The van der Waals surface area contributed by atoms with Crippen LogP contribution in [-0.2, 0) is 33.6 Å². The van der Waals surface area contributed by atoms with Crippen molar-refractivity contribution in [3.63, 3.8) is 0 Å². The molecule has 13 nitrogen and oxygen atoms in total. The molecule has 0 radical (unpaired) electrons. The van der Waals surface area contributed by atoms with E-state index in [9.17, 15) is 19.5 Å². The second-order valence-corrected chi connectivity index (χ2v) is 10.4.